The molecule has 4 rings (SSSR count). The van der Waals surface area contributed by atoms with Crippen molar-refractivity contribution in [1.82, 2.24) is 4.57 Å². The van der Waals surface area contributed by atoms with Crippen LogP contribution in [-0.4, -0.2) is 18.9 Å². The number of benzene rings is 3. The SMILES string of the molecule is Cn1c(=NC(=O)c2ccc(NS(=O)(=O)c3ccc(Cl)cc3)cc2)sc2cc(Br)ccc21. The fourth-order valence-electron chi connectivity index (χ4n) is 2.87. The molecule has 1 amide bonds. The maximum absolute atomic E-state index is 12.6. The summed E-state index contributed by atoms with van der Waals surface area (Å²) in [5.74, 6) is -0.409. The van der Waals surface area contributed by atoms with E-state index in [1.165, 1.54) is 59.9 Å². The third kappa shape index (κ3) is 4.74. The van der Waals surface area contributed by atoms with Crippen molar-refractivity contribution in [3.63, 3.8) is 0 Å². The zero-order chi connectivity index (χ0) is 22.2. The average molecular weight is 537 g/mol. The van der Waals surface area contributed by atoms with Crippen molar-refractivity contribution in [1.29, 1.82) is 0 Å². The van der Waals surface area contributed by atoms with Crippen molar-refractivity contribution in [3.05, 3.63) is 86.6 Å². The van der Waals surface area contributed by atoms with E-state index in [2.05, 4.69) is 25.6 Å². The van der Waals surface area contributed by atoms with E-state index in [0.717, 1.165) is 14.7 Å². The Morgan fingerprint density at radius 1 is 1.06 bits per heavy atom. The first-order chi connectivity index (χ1) is 14.7. The van der Waals surface area contributed by atoms with Crippen molar-refractivity contribution in [2.45, 2.75) is 4.90 Å². The second kappa shape index (κ2) is 8.58. The summed E-state index contributed by atoms with van der Waals surface area (Å²) in [5, 5.41) is 0.449. The second-order valence-corrected chi connectivity index (χ2v) is 10.7. The maximum atomic E-state index is 12.6. The minimum atomic E-state index is -3.76. The number of thiazole rings is 1. The lowest BCUT2D eigenvalue weighted by molar-refractivity contribution is 0.0998. The molecule has 0 aliphatic heterocycles. The van der Waals surface area contributed by atoms with E-state index in [0.29, 0.717) is 21.1 Å². The number of sulfonamides is 1. The van der Waals surface area contributed by atoms with Gasteiger partial charge in [0.1, 0.15) is 0 Å². The summed E-state index contributed by atoms with van der Waals surface area (Å²) < 4.78 is 31.3. The number of nitrogens with zero attached hydrogens (tertiary/aromatic N) is 2. The third-order valence-electron chi connectivity index (χ3n) is 4.48. The van der Waals surface area contributed by atoms with Crippen molar-refractivity contribution < 1.29 is 13.2 Å². The Morgan fingerprint density at radius 3 is 2.42 bits per heavy atom. The summed E-state index contributed by atoms with van der Waals surface area (Å²) in [7, 11) is -1.90. The molecule has 0 saturated carbocycles. The average Bonchev–Trinajstić information content (AvgIpc) is 3.03. The molecule has 0 atom stereocenters. The molecule has 0 saturated heterocycles. The fraction of sp³-hybridized carbons (Fsp3) is 0.0476. The molecule has 0 radical (unpaired) electrons. The van der Waals surface area contributed by atoms with Crippen LogP contribution >= 0.6 is 38.9 Å². The van der Waals surface area contributed by atoms with Gasteiger partial charge in [0.2, 0.25) is 0 Å². The number of hydrogen-bond donors (Lipinski definition) is 1. The molecule has 1 aromatic heterocycles. The van der Waals surface area contributed by atoms with Crippen molar-refractivity contribution in [2.75, 3.05) is 4.72 Å². The molecule has 10 heteroatoms. The highest BCUT2D eigenvalue weighted by Crippen LogP contribution is 2.22. The molecule has 3 aromatic carbocycles. The minimum Gasteiger partial charge on any atom is -0.319 e. The fourth-order valence-corrected chi connectivity index (χ4v) is 5.63. The lowest BCUT2D eigenvalue weighted by Gasteiger charge is -2.08. The summed E-state index contributed by atoms with van der Waals surface area (Å²) in [6, 6.07) is 17.9. The number of carbonyl (C=O) groups is 1. The van der Waals surface area contributed by atoms with Crippen LogP contribution in [0, 0.1) is 0 Å². The Kier molecular flexibility index (Phi) is 6.02. The Morgan fingerprint density at radius 2 is 1.74 bits per heavy atom. The molecule has 1 N–H and O–H groups in total. The zero-order valence-electron chi connectivity index (χ0n) is 16.0. The van der Waals surface area contributed by atoms with E-state index in [1.54, 1.807) is 0 Å². The van der Waals surface area contributed by atoms with Gasteiger partial charge >= 0.3 is 0 Å². The van der Waals surface area contributed by atoms with E-state index < -0.39 is 15.9 Å². The largest absolute Gasteiger partial charge is 0.319 e. The van der Waals surface area contributed by atoms with Gasteiger partial charge in [0.25, 0.3) is 15.9 Å². The molecule has 0 fully saturated rings. The van der Waals surface area contributed by atoms with Gasteiger partial charge in [-0.25, -0.2) is 8.42 Å². The second-order valence-electron chi connectivity index (χ2n) is 6.61. The predicted molar refractivity (Wildman–Crippen MR) is 127 cm³/mol. The molecule has 0 unspecified atom stereocenters. The number of carbonyl (C=O) groups excluding carboxylic acids is 1. The molecule has 0 aliphatic rings. The van der Waals surface area contributed by atoms with Gasteiger partial charge in [0, 0.05) is 27.8 Å². The number of hydrogen-bond acceptors (Lipinski definition) is 4. The highest BCUT2D eigenvalue weighted by molar-refractivity contribution is 9.10. The number of amides is 1. The topological polar surface area (TPSA) is 80.5 Å². The van der Waals surface area contributed by atoms with Gasteiger partial charge in [-0.2, -0.15) is 4.99 Å². The first-order valence-electron chi connectivity index (χ1n) is 8.95. The monoisotopic (exact) mass is 535 g/mol. The van der Waals surface area contributed by atoms with Crippen LogP contribution in [-0.2, 0) is 17.1 Å². The van der Waals surface area contributed by atoms with Crippen molar-refractivity contribution in [2.24, 2.45) is 12.0 Å². The molecule has 0 spiro atoms. The summed E-state index contributed by atoms with van der Waals surface area (Å²) in [5.41, 5.74) is 1.67. The molecule has 4 aromatic rings. The molecule has 1 heterocycles. The molecule has 0 aliphatic carbocycles. The quantitative estimate of drug-likeness (QED) is 0.389. The number of halogens is 2. The molecular formula is C21H15BrClN3O3S2. The summed E-state index contributed by atoms with van der Waals surface area (Å²) in [4.78, 5) is 17.5. The van der Waals surface area contributed by atoms with Crippen LogP contribution in [0.3, 0.4) is 0 Å². The van der Waals surface area contributed by atoms with Gasteiger partial charge in [-0.05, 0) is 66.7 Å². The molecular weight excluding hydrogens is 522 g/mol. The van der Waals surface area contributed by atoms with Crippen LogP contribution in [0.2, 0.25) is 5.02 Å². The van der Waals surface area contributed by atoms with Crippen LogP contribution in [0.15, 0.2) is 81.1 Å². The highest BCUT2D eigenvalue weighted by atomic mass is 79.9. The van der Waals surface area contributed by atoms with E-state index >= 15 is 0 Å². The summed E-state index contributed by atoms with van der Waals surface area (Å²) in [6.07, 6.45) is 0. The van der Waals surface area contributed by atoms with Crippen molar-refractivity contribution in [3.8, 4) is 0 Å². The predicted octanol–water partition coefficient (Wildman–Crippen LogP) is 5.20. The maximum Gasteiger partial charge on any atom is 0.279 e. The smallest absolute Gasteiger partial charge is 0.279 e. The van der Waals surface area contributed by atoms with Gasteiger partial charge in [-0.15, -0.1) is 0 Å². The minimum absolute atomic E-state index is 0.0935. The normalized spacial score (nSPS) is 12.3. The number of rotatable bonds is 4. The summed E-state index contributed by atoms with van der Waals surface area (Å²) >= 11 is 10.7. The van der Waals surface area contributed by atoms with Crippen LogP contribution in [0.1, 0.15) is 10.4 Å². The van der Waals surface area contributed by atoms with Crippen LogP contribution < -0.4 is 9.52 Å². The highest BCUT2D eigenvalue weighted by Gasteiger charge is 2.14. The third-order valence-corrected chi connectivity index (χ3v) is 7.71. The number of aromatic nitrogens is 1. The van der Waals surface area contributed by atoms with Crippen molar-refractivity contribution >= 4 is 70.7 Å². The van der Waals surface area contributed by atoms with Gasteiger partial charge in [0.15, 0.2) is 4.80 Å². The molecule has 6 nitrogen and oxygen atoms in total. The Hall–Kier alpha value is -2.46. The number of fused-ring (bicyclic) bond motifs is 1. The van der Waals surface area contributed by atoms with Crippen LogP contribution in [0.4, 0.5) is 5.69 Å². The number of aryl methyl sites for hydroxylation is 1. The summed E-state index contributed by atoms with van der Waals surface area (Å²) in [6.45, 7) is 0. The lowest BCUT2D eigenvalue weighted by atomic mass is 10.2. The van der Waals surface area contributed by atoms with E-state index in [-0.39, 0.29) is 4.90 Å². The van der Waals surface area contributed by atoms with E-state index in [4.69, 9.17) is 11.6 Å². The van der Waals surface area contributed by atoms with Crippen LogP contribution in [0.25, 0.3) is 10.2 Å². The Balaban J connectivity index is 1.57. The van der Waals surface area contributed by atoms with E-state index in [1.807, 2.05) is 29.8 Å². The van der Waals surface area contributed by atoms with Gasteiger partial charge in [0.05, 0.1) is 15.1 Å². The number of anilines is 1. The molecule has 31 heavy (non-hydrogen) atoms. The number of nitrogens with one attached hydrogen (secondary N) is 1. The van der Waals surface area contributed by atoms with E-state index in [9.17, 15) is 13.2 Å². The first kappa shape index (κ1) is 21.8. The van der Waals surface area contributed by atoms with Crippen LogP contribution in [0.5, 0.6) is 0 Å². The van der Waals surface area contributed by atoms with Gasteiger partial charge < -0.3 is 4.57 Å². The van der Waals surface area contributed by atoms with Gasteiger partial charge in [-0.1, -0.05) is 38.9 Å². The first-order valence-corrected chi connectivity index (χ1v) is 12.4. The Labute approximate surface area is 196 Å². The molecule has 0 bridgehead atoms. The molecule has 158 valence electrons. The standard InChI is InChI=1S/C21H15BrClN3O3S2/c1-26-18-11-4-14(22)12-19(18)30-21(26)24-20(27)13-2-7-16(8-3-13)25-31(28,29)17-9-5-15(23)6-10-17/h2-12,25H,1H3. The van der Waals surface area contributed by atoms with Gasteiger partial charge in [-0.3, -0.25) is 9.52 Å². The lowest BCUT2D eigenvalue weighted by Crippen LogP contribution is -2.14. The zero-order valence-corrected chi connectivity index (χ0v) is 20.0. The Bertz CT molecular complexity index is 1460.